The number of rotatable bonds is 5. The predicted octanol–water partition coefficient (Wildman–Crippen LogP) is 1.26. The van der Waals surface area contributed by atoms with Gasteiger partial charge in [-0.25, -0.2) is 8.78 Å². The molecular weight excluding hydrogens is 262 g/mol. The number of non-ortho nitro benzene ring substituents is 1. The molecule has 8 heteroatoms. The molecule has 0 spiro atoms. The van der Waals surface area contributed by atoms with Crippen molar-refractivity contribution in [2.75, 3.05) is 6.54 Å². The maximum absolute atomic E-state index is 12.0. The van der Waals surface area contributed by atoms with E-state index in [1.807, 2.05) is 0 Å². The molecule has 1 unspecified atom stereocenters. The fourth-order valence-electron chi connectivity index (χ4n) is 1.40. The molecule has 0 bridgehead atoms. The lowest BCUT2D eigenvalue weighted by Crippen LogP contribution is -2.36. The number of amides is 1. The molecule has 0 saturated heterocycles. The zero-order chi connectivity index (χ0) is 14.6. The minimum Gasteiger partial charge on any atom is -0.385 e. The summed E-state index contributed by atoms with van der Waals surface area (Å²) in [4.78, 5) is 21.5. The van der Waals surface area contributed by atoms with Gasteiger partial charge in [0.25, 0.3) is 18.0 Å². The third-order valence-corrected chi connectivity index (χ3v) is 2.43. The molecule has 0 fully saturated rings. The molecule has 1 rings (SSSR count). The summed E-state index contributed by atoms with van der Waals surface area (Å²) in [5, 5.41) is 21.5. The molecule has 1 aromatic carbocycles. The standard InChI is InChI=1S/C11H12F2N2O4/c1-6-4-7(15(18)19)2-3-8(6)11(17)14-5-9(16)10(12)13/h2-4,9-10,16H,5H2,1H3,(H,14,17). The van der Waals surface area contributed by atoms with Crippen molar-refractivity contribution >= 4 is 11.6 Å². The van der Waals surface area contributed by atoms with Crippen LogP contribution in [0, 0.1) is 17.0 Å². The highest BCUT2D eigenvalue weighted by Crippen LogP contribution is 2.17. The third kappa shape index (κ3) is 3.95. The van der Waals surface area contributed by atoms with Gasteiger partial charge < -0.3 is 10.4 Å². The lowest BCUT2D eigenvalue weighted by Gasteiger charge is -2.11. The van der Waals surface area contributed by atoms with Crippen molar-refractivity contribution in [1.29, 1.82) is 0 Å². The molecular formula is C11H12F2N2O4. The Morgan fingerprint density at radius 3 is 2.63 bits per heavy atom. The van der Waals surface area contributed by atoms with E-state index >= 15 is 0 Å². The zero-order valence-electron chi connectivity index (χ0n) is 9.97. The molecule has 2 N–H and O–H groups in total. The first-order valence-corrected chi connectivity index (χ1v) is 5.32. The van der Waals surface area contributed by atoms with Crippen molar-refractivity contribution in [3.8, 4) is 0 Å². The number of aliphatic hydroxyl groups is 1. The summed E-state index contributed by atoms with van der Waals surface area (Å²) in [6.45, 7) is 0.901. The fourth-order valence-corrected chi connectivity index (χ4v) is 1.40. The lowest BCUT2D eigenvalue weighted by atomic mass is 10.1. The first-order chi connectivity index (χ1) is 8.82. The summed E-state index contributed by atoms with van der Waals surface area (Å²) in [6.07, 6.45) is -4.89. The van der Waals surface area contributed by atoms with E-state index in [4.69, 9.17) is 5.11 Å². The van der Waals surface area contributed by atoms with E-state index in [-0.39, 0.29) is 11.3 Å². The Morgan fingerprint density at radius 1 is 1.53 bits per heavy atom. The summed E-state index contributed by atoms with van der Waals surface area (Å²) >= 11 is 0. The Labute approximate surface area is 107 Å². The van der Waals surface area contributed by atoms with Gasteiger partial charge in [-0.1, -0.05) is 0 Å². The van der Waals surface area contributed by atoms with Crippen LogP contribution in [0.3, 0.4) is 0 Å². The second-order valence-corrected chi connectivity index (χ2v) is 3.87. The summed E-state index contributed by atoms with van der Waals surface area (Å²) < 4.78 is 24.1. The van der Waals surface area contributed by atoms with E-state index < -0.39 is 29.9 Å². The summed E-state index contributed by atoms with van der Waals surface area (Å²) in [7, 11) is 0. The van der Waals surface area contributed by atoms with Gasteiger partial charge in [0.05, 0.1) is 4.92 Å². The van der Waals surface area contributed by atoms with Crippen LogP contribution in [0.25, 0.3) is 0 Å². The average molecular weight is 274 g/mol. The minimum atomic E-state index is -2.95. The number of nitro groups is 1. The van der Waals surface area contributed by atoms with Crippen LogP contribution in [0.4, 0.5) is 14.5 Å². The second-order valence-electron chi connectivity index (χ2n) is 3.87. The van der Waals surface area contributed by atoms with Crippen molar-refractivity contribution in [3.63, 3.8) is 0 Å². The van der Waals surface area contributed by atoms with Gasteiger partial charge in [0.2, 0.25) is 0 Å². The number of hydrogen-bond acceptors (Lipinski definition) is 4. The van der Waals surface area contributed by atoms with Crippen molar-refractivity contribution in [2.24, 2.45) is 0 Å². The van der Waals surface area contributed by atoms with Gasteiger partial charge in [-0.2, -0.15) is 0 Å². The second kappa shape index (κ2) is 6.19. The van der Waals surface area contributed by atoms with E-state index in [1.165, 1.54) is 19.1 Å². The largest absolute Gasteiger partial charge is 0.385 e. The number of benzene rings is 1. The monoisotopic (exact) mass is 274 g/mol. The SMILES string of the molecule is Cc1cc([N+](=O)[O-])ccc1C(=O)NCC(O)C(F)F. The molecule has 0 saturated carbocycles. The Morgan fingerprint density at radius 2 is 2.16 bits per heavy atom. The van der Waals surface area contributed by atoms with Crippen molar-refractivity contribution < 1.29 is 23.6 Å². The molecule has 6 nitrogen and oxygen atoms in total. The maximum Gasteiger partial charge on any atom is 0.269 e. The highest BCUT2D eigenvalue weighted by Gasteiger charge is 2.19. The first-order valence-electron chi connectivity index (χ1n) is 5.32. The molecule has 0 aliphatic rings. The van der Waals surface area contributed by atoms with Crippen LogP contribution in [0.5, 0.6) is 0 Å². The number of nitrogens with zero attached hydrogens (tertiary/aromatic N) is 1. The van der Waals surface area contributed by atoms with E-state index in [2.05, 4.69) is 5.32 Å². The van der Waals surface area contributed by atoms with Crippen LogP contribution in [0.1, 0.15) is 15.9 Å². The van der Waals surface area contributed by atoms with E-state index in [0.29, 0.717) is 5.56 Å². The van der Waals surface area contributed by atoms with Crippen molar-refractivity contribution in [3.05, 3.63) is 39.4 Å². The first kappa shape index (κ1) is 15.0. The van der Waals surface area contributed by atoms with Gasteiger partial charge in [0.1, 0.15) is 6.10 Å². The van der Waals surface area contributed by atoms with E-state index in [9.17, 15) is 23.7 Å². The number of carbonyl (C=O) groups is 1. The molecule has 0 radical (unpaired) electrons. The van der Waals surface area contributed by atoms with Crippen LogP contribution >= 0.6 is 0 Å². The summed E-state index contributed by atoms with van der Waals surface area (Å²) in [5.74, 6) is -0.674. The third-order valence-electron chi connectivity index (χ3n) is 2.43. The molecule has 0 aromatic heterocycles. The number of aliphatic hydroxyl groups excluding tert-OH is 1. The molecule has 1 aromatic rings. The van der Waals surface area contributed by atoms with Gasteiger partial charge in [-0.15, -0.1) is 0 Å². The Balaban J connectivity index is 2.75. The number of aryl methyl sites for hydroxylation is 1. The highest BCUT2D eigenvalue weighted by molar-refractivity contribution is 5.95. The molecule has 0 aliphatic heterocycles. The van der Waals surface area contributed by atoms with Crippen LogP contribution in [-0.4, -0.2) is 35.0 Å². The smallest absolute Gasteiger partial charge is 0.269 e. The minimum absolute atomic E-state index is 0.132. The number of nitrogens with one attached hydrogen (secondary N) is 1. The molecule has 104 valence electrons. The topological polar surface area (TPSA) is 92.5 Å². The molecule has 1 atom stereocenters. The van der Waals surface area contributed by atoms with Crippen LogP contribution in [0.15, 0.2) is 18.2 Å². The fraction of sp³-hybridized carbons (Fsp3) is 0.364. The average Bonchev–Trinajstić information content (AvgIpc) is 2.34. The normalized spacial score (nSPS) is 12.3. The number of alkyl halides is 2. The van der Waals surface area contributed by atoms with Crippen molar-refractivity contribution in [1.82, 2.24) is 5.32 Å². The number of hydrogen-bond donors (Lipinski definition) is 2. The Bertz CT molecular complexity index is 494. The predicted molar refractivity (Wildman–Crippen MR) is 62.2 cm³/mol. The number of halogens is 2. The van der Waals surface area contributed by atoms with Crippen molar-refractivity contribution in [2.45, 2.75) is 19.5 Å². The van der Waals surface area contributed by atoms with E-state index in [1.54, 1.807) is 0 Å². The van der Waals surface area contributed by atoms with Gasteiger partial charge in [0, 0.05) is 24.2 Å². The molecule has 1 amide bonds. The van der Waals surface area contributed by atoms with Gasteiger partial charge in [-0.3, -0.25) is 14.9 Å². The highest BCUT2D eigenvalue weighted by atomic mass is 19.3. The molecule has 0 heterocycles. The van der Waals surface area contributed by atoms with E-state index in [0.717, 1.165) is 6.07 Å². The molecule has 19 heavy (non-hydrogen) atoms. The lowest BCUT2D eigenvalue weighted by molar-refractivity contribution is -0.384. The summed E-state index contributed by atoms with van der Waals surface area (Å²) in [5.41, 5.74) is 0.312. The van der Waals surface area contributed by atoms with Crippen LogP contribution in [0.2, 0.25) is 0 Å². The van der Waals surface area contributed by atoms with Crippen LogP contribution < -0.4 is 5.32 Å². The van der Waals surface area contributed by atoms with Gasteiger partial charge in [0.15, 0.2) is 0 Å². The van der Waals surface area contributed by atoms with Gasteiger partial charge in [-0.05, 0) is 18.6 Å². The quantitative estimate of drug-likeness (QED) is 0.624. The van der Waals surface area contributed by atoms with Crippen LogP contribution in [-0.2, 0) is 0 Å². The summed E-state index contributed by atoms with van der Waals surface area (Å²) in [6, 6.07) is 3.58. The molecule has 0 aliphatic carbocycles. The Hall–Kier alpha value is -2.09. The maximum atomic E-state index is 12.0. The zero-order valence-corrected chi connectivity index (χ0v) is 9.97. The Kier molecular flexibility index (Phi) is 4.87. The number of carbonyl (C=O) groups excluding carboxylic acids is 1. The van der Waals surface area contributed by atoms with Gasteiger partial charge >= 0.3 is 0 Å². The number of nitro benzene ring substituents is 1.